The quantitative estimate of drug-likeness (QED) is 0.822. The highest BCUT2D eigenvalue weighted by atomic mass is 16.1. The molecule has 0 aromatic carbocycles. The lowest BCUT2D eigenvalue weighted by atomic mass is 9.82. The predicted octanol–water partition coefficient (Wildman–Crippen LogP) is 1.79. The van der Waals surface area contributed by atoms with Gasteiger partial charge in [0.25, 0.3) is 5.78 Å². The Morgan fingerprint density at radius 2 is 2.26 bits per heavy atom. The van der Waals surface area contributed by atoms with E-state index in [1.807, 2.05) is 13.0 Å². The number of hydrogen-bond donors (Lipinski definition) is 2. The van der Waals surface area contributed by atoms with Gasteiger partial charge in [0.05, 0.1) is 0 Å². The highest BCUT2D eigenvalue weighted by molar-refractivity contribution is 5.78. The second-order valence-electron chi connectivity index (χ2n) is 6.44. The zero-order chi connectivity index (χ0) is 16.2. The molecule has 2 aromatic heterocycles. The van der Waals surface area contributed by atoms with Crippen molar-refractivity contribution in [3.63, 3.8) is 0 Å². The van der Waals surface area contributed by atoms with Crippen LogP contribution in [-0.2, 0) is 4.79 Å². The van der Waals surface area contributed by atoms with Gasteiger partial charge in [0.1, 0.15) is 12.1 Å². The van der Waals surface area contributed by atoms with Crippen molar-refractivity contribution in [3.05, 3.63) is 18.1 Å². The van der Waals surface area contributed by atoms with Crippen LogP contribution in [0.5, 0.6) is 0 Å². The number of nitrogens with one attached hydrogen (secondary N) is 2. The van der Waals surface area contributed by atoms with E-state index in [0.29, 0.717) is 24.8 Å². The van der Waals surface area contributed by atoms with Gasteiger partial charge in [-0.3, -0.25) is 4.79 Å². The highest BCUT2D eigenvalue weighted by Crippen LogP contribution is 2.28. The average molecular weight is 316 g/mol. The number of nitrogens with zero attached hydrogens (tertiary/aromatic N) is 4. The van der Waals surface area contributed by atoms with Crippen molar-refractivity contribution < 1.29 is 4.79 Å². The predicted molar refractivity (Wildman–Crippen MR) is 88.1 cm³/mol. The number of carbonyl (C=O) groups is 1. The van der Waals surface area contributed by atoms with Crippen LogP contribution in [0.3, 0.4) is 0 Å². The molecule has 124 valence electrons. The molecule has 1 aliphatic carbocycles. The molecule has 2 heterocycles. The van der Waals surface area contributed by atoms with E-state index in [1.165, 1.54) is 12.7 Å². The maximum absolute atomic E-state index is 12.2. The number of fused-ring (bicyclic) bond motifs is 1. The molecule has 0 saturated heterocycles. The van der Waals surface area contributed by atoms with Crippen molar-refractivity contribution in [2.75, 3.05) is 18.4 Å². The van der Waals surface area contributed by atoms with Gasteiger partial charge in [-0.25, -0.2) is 4.98 Å². The van der Waals surface area contributed by atoms with E-state index in [1.54, 1.807) is 4.52 Å². The summed E-state index contributed by atoms with van der Waals surface area (Å²) in [6.07, 6.45) is 5.94. The fraction of sp³-hybridized carbons (Fsp3) is 0.625. The molecular formula is C16H24N6O. The first-order chi connectivity index (χ1) is 11.1. The molecule has 2 N–H and O–H groups in total. The minimum absolute atomic E-state index is 0.184. The van der Waals surface area contributed by atoms with Crippen LogP contribution in [0.1, 0.15) is 38.3 Å². The van der Waals surface area contributed by atoms with Crippen LogP contribution in [0.25, 0.3) is 5.78 Å². The van der Waals surface area contributed by atoms with Gasteiger partial charge in [0.2, 0.25) is 5.91 Å². The Morgan fingerprint density at radius 1 is 1.39 bits per heavy atom. The van der Waals surface area contributed by atoms with E-state index in [0.717, 1.165) is 30.8 Å². The molecule has 0 spiro atoms. The summed E-state index contributed by atoms with van der Waals surface area (Å²) in [4.78, 5) is 20.6. The van der Waals surface area contributed by atoms with Crippen LogP contribution in [0, 0.1) is 18.8 Å². The van der Waals surface area contributed by atoms with Crippen LogP contribution < -0.4 is 10.6 Å². The van der Waals surface area contributed by atoms with Crippen molar-refractivity contribution in [3.8, 4) is 0 Å². The molecule has 23 heavy (non-hydrogen) atoms. The van der Waals surface area contributed by atoms with Gasteiger partial charge in [-0.1, -0.05) is 19.8 Å². The van der Waals surface area contributed by atoms with Crippen molar-refractivity contribution in [2.24, 2.45) is 11.8 Å². The van der Waals surface area contributed by atoms with Gasteiger partial charge >= 0.3 is 0 Å². The van der Waals surface area contributed by atoms with Crippen molar-refractivity contribution in [1.82, 2.24) is 24.9 Å². The normalized spacial score (nSPS) is 21.3. The number of rotatable bonds is 5. The molecule has 2 atom stereocenters. The van der Waals surface area contributed by atoms with Crippen molar-refractivity contribution in [2.45, 2.75) is 39.5 Å². The zero-order valence-electron chi connectivity index (χ0n) is 13.7. The Labute approximate surface area is 135 Å². The van der Waals surface area contributed by atoms with Crippen LogP contribution in [-0.4, -0.2) is 38.6 Å². The van der Waals surface area contributed by atoms with Crippen LogP contribution in [0.4, 0.5) is 5.82 Å². The SMILES string of the molecule is Cc1cc(NCCNC(=O)C2CCCC(C)C2)n2ncnc2n1. The first-order valence-electron chi connectivity index (χ1n) is 8.32. The van der Waals surface area contributed by atoms with E-state index >= 15 is 0 Å². The Kier molecular flexibility index (Phi) is 4.73. The number of carbonyl (C=O) groups excluding carboxylic acids is 1. The second-order valence-corrected chi connectivity index (χ2v) is 6.44. The number of anilines is 1. The Hall–Kier alpha value is -2.18. The molecule has 1 amide bonds. The summed E-state index contributed by atoms with van der Waals surface area (Å²) in [5.74, 6) is 2.45. The lowest BCUT2D eigenvalue weighted by Gasteiger charge is -2.25. The van der Waals surface area contributed by atoms with Gasteiger partial charge in [0, 0.05) is 30.8 Å². The van der Waals surface area contributed by atoms with Crippen LogP contribution >= 0.6 is 0 Å². The number of aromatic nitrogens is 4. The fourth-order valence-electron chi connectivity index (χ4n) is 3.25. The molecule has 1 fully saturated rings. The number of aryl methyl sites for hydroxylation is 1. The maximum atomic E-state index is 12.2. The fourth-order valence-corrected chi connectivity index (χ4v) is 3.25. The minimum Gasteiger partial charge on any atom is -0.368 e. The van der Waals surface area contributed by atoms with E-state index in [4.69, 9.17) is 0 Å². The smallest absolute Gasteiger partial charge is 0.254 e. The van der Waals surface area contributed by atoms with Crippen LogP contribution in [0.15, 0.2) is 12.4 Å². The molecule has 1 saturated carbocycles. The summed E-state index contributed by atoms with van der Waals surface area (Å²) < 4.78 is 1.66. The van der Waals surface area contributed by atoms with Gasteiger partial charge in [-0.05, 0) is 25.7 Å². The molecule has 0 aliphatic heterocycles. The zero-order valence-corrected chi connectivity index (χ0v) is 13.7. The highest BCUT2D eigenvalue weighted by Gasteiger charge is 2.24. The summed E-state index contributed by atoms with van der Waals surface area (Å²) in [5, 5.41) is 10.5. The third-order valence-corrected chi connectivity index (χ3v) is 4.42. The summed E-state index contributed by atoms with van der Waals surface area (Å²) >= 11 is 0. The molecule has 7 heteroatoms. The maximum Gasteiger partial charge on any atom is 0.254 e. The van der Waals surface area contributed by atoms with Crippen molar-refractivity contribution >= 4 is 17.5 Å². The first-order valence-corrected chi connectivity index (χ1v) is 8.32. The number of hydrogen-bond acceptors (Lipinski definition) is 5. The van der Waals surface area contributed by atoms with Gasteiger partial charge in [-0.2, -0.15) is 14.6 Å². The Morgan fingerprint density at radius 3 is 3.09 bits per heavy atom. The summed E-state index contributed by atoms with van der Waals surface area (Å²) in [6.45, 7) is 5.40. The summed E-state index contributed by atoms with van der Waals surface area (Å²) in [7, 11) is 0. The van der Waals surface area contributed by atoms with Gasteiger partial charge in [-0.15, -0.1) is 0 Å². The minimum atomic E-state index is 0.184. The summed E-state index contributed by atoms with van der Waals surface area (Å²) in [6, 6.07) is 1.92. The lowest BCUT2D eigenvalue weighted by Crippen LogP contribution is -2.36. The third kappa shape index (κ3) is 3.78. The van der Waals surface area contributed by atoms with E-state index in [2.05, 4.69) is 32.6 Å². The van der Waals surface area contributed by atoms with Gasteiger partial charge in [0.15, 0.2) is 0 Å². The van der Waals surface area contributed by atoms with E-state index in [9.17, 15) is 4.79 Å². The second kappa shape index (κ2) is 6.93. The van der Waals surface area contributed by atoms with E-state index in [-0.39, 0.29) is 11.8 Å². The van der Waals surface area contributed by atoms with E-state index < -0.39 is 0 Å². The largest absolute Gasteiger partial charge is 0.368 e. The van der Waals surface area contributed by atoms with Crippen molar-refractivity contribution in [1.29, 1.82) is 0 Å². The summed E-state index contributed by atoms with van der Waals surface area (Å²) in [5.41, 5.74) is 0.883. The standard InChI is InChI=1S/C16H24N6O/c1-11-4-3-5-13(8-11)15(23)18-7-6-17-14-9-12(2)21-16-19-10-20-22(14)16/h9-11,13,17H,3-8H2,1-2H3,(H,18,23). The molecule has 0 bridgehead atoms. The molecule has 2 unspecified atom stereocenters. The molecule has 2 aromatic rings. The topological polar surface area (TPSA) is 84.2 Å². The van der Waals surface area contributed by atoms with Crippen LogP contribution in [0.2, 0.25) is 0 Å². The monoisotopic (exact) mass is 316 g/mol. The molecule has 1 aliphatic rings. The lowest BCUT2D eigenvalue weighted by molar-refractivity contribution is -0.126. The molecule has 0 radical (unpaired) electrons. The Balaban J connectivity index is 1.49. The Bertz CT molecular complexity index is 682. The molecule has 3 rings (SSSR count). The molecule has 7 nitrogen and oxygen atoms in total. The number of amides is 1. The first kappa shape index (κ1) is 15.7. The third-order valence-electron chi connectivity index (χ3n) is 4.42. The molecular weight excluding hydrogens is 292 g/mol. The average Bonchev–Trinajstić information content (AvgIpc) is 2.99. The van der Waals surface area contributed by atoms with Gasteiger partial charge < -0.3 is 10.6 Å².